The number of aliphatic hydroxyl groups is 1. The molecule has 0 saturated heterocycles. The maximum Gasteiger partial charge on any atom is 0.296 e. The van der Waals surface area contributed by atoms with Gasteiger partial charge in [-0.1, -0.05) is 82.8 Å². The highest BCUT2D eigenvalue weighted by molar-refractivity contribution is 8.00. The van der Waals surface area contributed by atoms with Crippen LogP contribution in [0.2, 0.25) is 0 Å². The van der Waals surface area contributed by atoms with E-state index in [0.717, 1.165) is 11.1 Å². The van der Waals surface area contributed by atoms with Gasteiger partial charge >= 0.3 is 0 Å². The van der Waals surface area contributed by atoms with Crippen molar-refractivity contribution in [1.29, 1.82) is 0 Å². The number of carbonyl (C=O) groups is 2. The van der Waals surface area contributed by atoms with Crippen molar-refractivity contribution in [3.05, 3.63) is 106 Å². The van der Waals surface area contributed by atoms with Gasteiger partial charge in [0.15, 0.2) is 15.9 Å². The van der Waals surface area contributed by atoms with E-state index in [-0.39, 0.29) is 11.3 Å². The van der Waals surface area contributed by atoms with Gasteiger partial charge in [-0.15, -0.1) is 10.2 Å². The number of hydrogen-bond acceptors (Lipinski definition) is 8. The number of ketones is 1. The lowest BCUT2D eigenvalue weighted by atomic mass is 9.95. The van der Waals surface area contributed by atoms with Crippen molar-refractivity contribution in [3.8, 4) is 0 Å². The van der Waals surface area contributed by atoms with E-state index < -0.39 is 23.5 Å². The van der Waals surface area contributed by atoms with Crippen LogP contribution < -0.4 is 4.90 Å². The number of rotatable bonds is 7. The van der Waals surface area contributed by atoms with Gasteiger partial charge < -0.3 is 9.52 Å². The zero-order valence-electron chi connectivity index (χ0n) is 19.0. The maximum absolute atomic E-state index is 13.3. The van der Waals surface area contributed by atoms with E-state index in [1.165, 1.54) is 45.9 Å². The van der Waals surface area contributed by atoms with E-state index in [0.29, 0.717) is 20.8 Å². The molecule has 35 heavy (non-hydrogen) atoms. The Morgan fingerprint density at radius 2 is 1.74 bits per heavy atom. The summed E-state index contributed by atoms with van der Waals surface area (Å²) in [6, 6.07) is 17.9. The van der Waals surface area contributed by atoms with E-state index in [9.17, 15) is 14.7 Å². The molecule has 7 nitrogen and oxygen atoms in total. The first-order valence-electron chi connectivity index (χ1n) is 10.9. The first-order valence-corrected chi connectivity index (χ1v) is 12.7. The van der Waals surface area contributed by atoms with Crippen LogP contribution in [-0.2, 0) is 10.5 Å². The zero-order chi connectivity index (χ0) is 24.5. The topological polar surface area (TPSA) is 96.5 Å². The van der Waals surface area contributed by atoms with E-state index in [4.69, 9.17) is 4.42 Å². The lowest BCUT2D eigenvalue weighted by molar-refractivity contribution is -0.117. The Bertz CT molecular complexity index is 1410. The number of hydrogen-bond donors (Lipinski definition) is 1. The lowest BCUT2D eigenvalue weighted by Gasteiger charge is -2.23. The van der Waals surface area contributed by atoms with Gasteiger partial charge in [-0.3, -0.25) is 14.5 Å². The number of Topliss-reactive ketones (excluding diaryl/α,β-unsaturated/α-hetero) is 1. The monoisotopic (exact) mass is 503 g/mol. The molecule has 0 bridgehead atoms. The van der Waals surface area contributed by atoms with E-state index in [2.05, 4.69) is 34.5 Å². The van der Waals surface area contributed by atoms with Gasteiger partial charge in [-0.2, -0.15) is 0 Å². The van der Waals surface area contributed by atoms with Crippen LogP contribution in [0.4, 0.5) is 5.13 Å². The number of aliphatic hydroxyl groups excluding tert-OH is 1. The molecule has 2 aromatic heterocycles. The van der Waals surface area contributed by atoms with Crippen LogP contribution in [0.5, 0.6) is 0 Å². The van der Waals surface area contributed by atoms with Crippen LogP contribution in [-0.4, -0.2) is 27.0 Å². The van der Waals surface area contributed by atoms with Crippen LogP contribution in [0.1, 0.15) is 38.9 Å². The van der Waals surface area contributed by atoms with Crippen LogP contribution >= 0.6 is 23.1 Å². The summed E-state index contributed by atoms with van der Waals surface area (Å²) < 4.78 is 5.95. The normalized spacial score (nSPS) is 15.8. The van der Waals surface area contributed by atoms with Gasteiger partial charge in [-0.05, 0) is 37.1 Å². The summed E-state index contributed by atoms with van der Waals surface area (Å²) in [5.74, 6) is -1.11. The largest absolute Gasteiger partial charge is 0.503 e. The predicted octanol–water partition coefficient (Wildman–Crippen LogP) is 5.82. The second-order valence-corrected chi connectivity index (χ2v) is 10.4. The van der Waals surface area contributed by atoms with Crippen LogP contribution in [0, 0.1) is 13.8 Å². The average Bonchev–Trinajstić information content (AvgIpc) is 3.60. The fourth-order valence-corrected chi connectivity index (χ4v) is 5.65. The molecule has 4 aromatic rings. The Labute approximate surface area is 210 Å². The second-order valence-electron chi connectivity index (χ2n) is 8.18. The first kappa shape index (κ1) is 23.1. The number of aromatic nitrogens is 2. The third-order valence-electron chi connectivity index (χ3n) is 5.68. The number of amides is 1. The van der Waals surface area contributed by atoms with Gasteiger partial charge in [0.05, 0.1) is 17.9 Å². The van der Waals surface area contributed by atoms with Gasteiger partial charge in [0.25, 0.3) is 5.91 Å². The maximum atomic E-state index is 13.3. The quantitative estimate of drug-likeness (QED) is 0.193. The van der Waals surface area contributed by atoms with Crippen LogP contribution in [0.3, 0.4) is 0 Å². The van der Waals surface area contributed by atoms with Gasteiger partial charge in [-0.25, -0.2) is 0 Å². The number of benzene rings is 2. The fraction of sp³-hybridized carbons (Fsp3) is 0.154. The molecule has 0 radical (unpaired) electrons. The summed E-state index contributed by atoms with van der Waals surface area (Å²) in [7, 11) is 0. The van der Waals surface area contributed by atoms with Crippen LogP contribution in [0.25, 0.3) is 0 Å². The predicted molar refractivity (Wildman–Crippen MR) is 135 cm³/mol. The summed E-state index contributed by atoms with van der Waals surface area (Å²) in [6.45, 7) is 3.99. The van der Waals surface area contributed by atoms with E-state index in [1.54, 1.807) is 6.07 Å². The van der Waals surface area contributed by atoms with Crippen molar-refractivity contribution in [2.45, 2.75) is 30.0 Å². The first-order chi connectivity index (χ1) is 16.9. The van der Waals surface area contributed by atoms with Gasteiger partial charge in [0, 0.05) is 5.75 Å². The standard InChI is InChI=1S/C26H21N3O4S2/c1-15-5-9-17(10-6-15)14-34-26-28-27-25(35-26)29-21(18-11-7-16(2)8-12-18)20(23(31)24(29)32)22(30)19-4-3-13-33-19/h3-13,21,31H,14H2,1-2H3. The van der Waals surface area contributed by atoms with Crippen molar-refractivity contribution in [3.63, 3.8) is 0 Å². The minimum Gasteiger partial charge on any atom is -0.503 e. The zero-order valence-corrected chi connectivity index (χ0v) is 20.6. The highest BCUT2D eigenvalue weighted by Crippen LogP contribution is 2.44. The Hall–Kier alpha value is -3.69. The number of aryl methyl sites for hydroxylation is 2. The van der Waals surface area contributed by atoms with Crippen LogP contribution in [0.15, 0.2) is 87.0 Å². The molecule has 1 aliphatic heterocycles. The van der Waals surface area contributed by atoms with Gasteiger partial charge in [0.2, 0.25) is 10.9 Å². The lowest BCUT2D eigenvalue weighted by Crippen LogP contribution is -2.31. The molecule has 0 saturated carbocycles. The highest BCUT2D eigenvalue weighted by Gasteiger charge is 2.46. The number of thioether (sulfide) groups is 1. The SMILES string of the molecule is Cc1ccc(CSc2nnc(N3C(=O)C(O)=C(C(=O)c4ccco4)C3c3ccc(C)cc3)s2)cc1. The number of carbonyl (C=O) groups excluding carboxylic acids is 2. The molecule has 5 rings (SSSR count). The third kappa shape index (κ3) is 4.52. The number of anilines is 1. The summed E-state index contributed by atoms with van der Waals surface area (Å²) in [6.07, 6.45) is 1.38. The molecule has 1 atom stereocenters. The molecule has 0 aliphatic carbocycles. The van der Waals surface area contributed by atoms with Crippen molar-refractivity contribution in [2.75, 3.05) is 4.90 Å². The molecule has 1 unspecified atom stereocenters. The molecular weight excluding hydrogens is 482 g/mol. The Balaban J connectivity index is 1.48. The molecule has 0 fully saturated rings. The fourth-order valence-electron chi connectivity index (χ4n) is 3.83. The summed E-state index contributed by atoms with van der Waals surface area (Å²) in [5.41, 5.74) is 4.00. The van der Waals surface area contributed by atoms with Crippen molar-refractivity contribution < 1.29 is 19.1 Å². The van der Waals surface area contributed by atoms with Crippen molar-refractivity contribution in [2.24, 2.45) is 0 Å². The molecule has 1 amide bonds. The highest BCUT2D eigenvalue weighted by atomic mass is 32.2. The van der Waals surface area contributed by atoms with Crippen molar-refractivity contribution in [1.82, 2.24) is 10.2 Å². The molecule has 0 spiro atoms. The Morgan fingerprint density at radius 1 is 1.06 bits per heavy atom. The van der Waals surface area contributed by atoms with Crippen molar-refractivity contribution >= 4 is 39.9 Å². The third-order valence-corrected chi connectivity index (χ3v) is 7.80. The van der Waals surface area contributed by atoms with Gasteiger partial charge in [0.1, 0.15) is 0 Å². The molecule has 1 aliphatic rings. The number of nitrogens with zero attached hydrogens (tertiary/aromatic N) is 3. The smallest absolute Gasteiger partial charge is 0.296 e. The summed E-state index contributed by atoms with van der Waals surface area (Å²) in [5, 5.41) is 19.6. The summed E-state index contributed by atoms with van der Waals surface area (Å²) in [4.78, 5) is 27.8. The Morgan fingerprint density at radius 3 is 2.40 bits per heavy atom. The molecule has 2 aromatic carbocycles. The molecule has 9 heteroatoms. The molecular formula is C26H21N3O4S2. The second kappa shape index (κ2) is 9.52. The summed E-state index contributed by atoms with van der Waals surface area (Å²) >= 11 is 2.76. The van der Waals surface area contributed by atoms with E-state index >= 15 is 0 Å². The minimum atomic E-state index is -0.858. The molecule has 1 N–H and O–H groups in total. The number of furan rings is 1. The minimum absolute atomic E-state index is 0.0436. The molecule has 3 heterocycles. The molecule has 176 valence electrons. The Kier molecular flexibility index (Phi) is 6.27. The average molecular weight is 504 g/mol. The van der Waals surface area contributed by atoms with E-state index in [1.807, 2.05) is 38.1 Å².